The molecule has 0 aliphatic rings. The molecule has 7 nitrogen and oxygen atoms in total. The zero-order chi connectivity index (χ0) is 10.9. The predicted molar refractivity (Wildman–Crippen MR) is 47.5 cm³/mol. The standard InChI is InChI=1S/C7H10N4O3/c1-11-6(8)5(7(9)14)3(10-11)2-4(12)13/h2,8H2,1H3,(H2,9,14)(H,12,13). The number of primary amides is 1. The summed E-state index contributed by atoms with van der Waals surface area (Å²) in [4.78, 5) is 21.4. The van der Waals surface area contributed by atoms with E-state index in [1.54, 1.807) is 0 Å². The van der Waals surface area contributed by atoms with E-state index in [2.05, 4.69) is 5.10 Å². The van der Waals surface area contributed by atoms with E-state index in [9.17, 15) is 9.59 Å². The molecule has 1 rings (SSSR count). The Bertz CT molecular complexity index is 396. The molecule has 0 spiro atoms. The zero-order valence-corrected chi connectivity index (χ0v) is 7.52. The zero-order valence-electron chi connectivity index (χ0n) is 7.52. The minimum Gasteiger partial charge on any atom is -0.481 e. The summed E-state index contributed by atoms with van der Waals surface area (Å²) in [6.45, 7) is 0. The molecule has 14 heavy (non-hydrogen) atoms. The Morgan fingerprint density at radius 1 is 1.57 bits per heavy atom. The van der Waals surface area contributed by atoms with Crippen molar-refractivity contribution in [1.29, 1.82) is 0 Å². The molecule has 0 fully saturated rings. The summed E-state index contributed by atoms with van der Waals surface area (Å²) in [7, 11) is 1.51. The Balaban J connectivity index is 3.22. The van der Waals surface area contributed by atoms with Gasteiger partial charge in [0.05, 0.1) is 12.1 Å². The lowest BCUT2D eigenvalue weighted by molar-refractivity contribution is -0.136. The molecule has 1 aromatic heterocycles. The molecule has 0 radical (unpaired) electrons. The highest BCUT2D eigenvalue weighted by Gasteiger charge is 2.20. The average molecular weight is 198 g/mol. The van der Waals surface area contributed by atoms with E-state index in [1.165, 1.54) is 11.7 Å². The van der Waals surface area contributed by atoms with Gasteiger partial charge in [-0.25, -0.2) is 0 Å². The number of hydrogen-bond acceptors (Lipinski definition) is 4. The van der Waals surface area contributed by atoms with Crippen LogP contribution in [0.3, 0.4) is 0 Å². The molecular formula is C7H10N4O3. The van der Waals surface area contributed by atoms with Crippen molar-refractivity contribution in [3.8, 4) is 0 Å². The number of nitrogen functional groups attached to an aromatic ring is 1. The van der Waals surface area contributed by atoms with Crippen LogP contribution in [-0.2, 0) is 18.3 Å². The van der Waals surface area contributed by atoms with Crippen LogP contribution in [0, 0.1) is 0 Å². The lowest BCUT2D eigenvalue weighted by atomic mass is 10.2. The fourth-order valence-electron chi connectivity index (χ4n) is 1.13. The molecule has 76 valence electrons. The van der Waals surface area contributed by atoms with Gasteiger partial charge in [0.15, 0.2) is 0 Å². The highest BCUT2D eigenvalue weighted by molar-refractivity contribution is 5.99. The molecule has 1 aromatic rings. The predicted octanol–water partition coefficient (Wildman–Crippen LogP) is -1.27. The van der Waals surface area contributed by atoms with Crippen LogP contribution in [0.2, 0.25) is 0 Å². The van der Waals surface area contributed by atoms with Gasteiger partial charge < -0.3 is 16.6 Å². The molecule has 0 unspecified atom stereocenters. The maximum absolute atomic E-state index is 10.9. The Kier molecular flexibility index (Phi) is 2.41. The van der Waals surface area contributed by atoms with Crippen molar-refractivity contribution in [3.05, 3.63) is 11.3 Å². The number of anilines is 1. The number of carbonyl (C=O) groups is 2. The van der Waals surface area contributed by atoms with Crippen LogP contribution in [0.4, 0.5) is 5.82 Å². The number of hydrogen-bond donors (Lipinski definition) is 3. The lowest BCUT2D eigenvalue weighted by Gasteiger charge is -1.95. The number of aryl methyl sites for hydroxylation is 1. The Morgan fingerprint density at radius 3 is 2.57 bits per heavy atom. The first-order valence-electron chi connectivity index (χ1n) is 3.76. The van der Waals surface area contributed by atoms with Crippen molar-refractivity contribution in [2.75, 3.05) is 5.73 Å². The number of aliphatic carboxylic acids is 1. The Morgan fingerprint density at radius 2 is 2.14 bits per heavy atom. The van der Waals surface area contributed by atoms with Gasteiger partial charge >= 0.3 is 5.97 Å². The smallest absolute Gasteiger partial charge is 0.309 e. The molecule has 0 saturated heterocycles. The summed E-state index contributed by atoms with van der Waals surface area (Å²) < 4.78 is 1.22. The van der Waals surface area contributed by atoms with Crippen LogP contribution >= 0.6 is 0 Å². The Hall–Kier alpha value is -2.05. The van der Waals surface area contributed by atoms with Gasteiger partial charge in [-0.15, -0.1) is 0 Å². The summed E-state index contributed by atoms with van der Waals surface area (Å²) >= 11 is 0. The highest BCUT2D eigenvalue weighted by atomic mass is 16.4. The van der Waals surface area contributed by atoms with Crippen LogP contribution in [-0.4, -0.2) is 26.8 Å². The van der Waals surface area contributed by atoms with Crippen LogP contribution in [0.5, 0.6) is 0 Å². The minimum absolute atomic E-state index is 0.0186. The molecule has 0 aliphatic carbocycles. The second kappa shape index (κ2) is 3.36. The Labute approximate surface area is 79.3 Å². The molecule has 0 aliphatic heterocycles. The number of carboxylic acids is 1. The monoisotopic (exact) mass is 198 g/mol. The van der Waals surface area contributed by atoms with Crippen molar-refractivity contribution < 1.29 is 14.7 Å². The van der Waals surface area contributed by atoms with E-state index >= 15 is 0 Å². The average Bonchev–Trinajstić information content (AvgIpc) is 2.26. The third-order valence-corrected chi connectivity index (χ3v) is 1.73. The van der Waals surface area contributed by atoms with E-state index in [4.69, 9.17) is 16.6 Å². The van der Waals surface area contributed by atoms with Gasteiger partial charge in [0.25, 0.3) is 5.91 Å². The van der Waals surface area contributed by atoms with Crippen LogP contribution in [0.15, 0.2) is 0 Å². The maximum atomic E-state index is 10.9. The van der Waals surface area contributed by atoms with E-state index in [0.717, 1.165) is 0 Å². The van der Waals surface area contributed by atoms with Crippen molar-refractivity contribution in [2.45, 2.75) is 6.42 Å². The number of carboxylic acid groups (broad SMARTS) is 1. The second-order valence-corrected chi connectivity index (χ2v) is 2.77. The van der Waals surface area contributed by atoms with Gasteiger partial charge in [0.2, 0.25) is 0 Å². The molecule has 1 amide bonds. The summed E-state index contributed by atoms with van der Waals surface area (Å²) in [6, 6.07) is 0. The van der Waals surface area contributed by atoms with Crippen LogP contribution < -0.4 is 11.5 Å². The summed E-state index contributed by atoms with van der Waals surface area (Å²) in [6.07, 6.45) is -0.372. The van der Waals surface area contributed by atoms with Gasteiger partial charge in [0.1, 0.15) is 11.4 Å². The first-order valence-corrected chi connectivity index (χ1v) is 3.76. The third kappa shape index (κ3) is 1.65. The van der Waals surface area contributed by atoms with Crippen molar-refractivity contribution in [1.82, 2.24) is 9.78 Å². The van der Waals surface area contributed by atoms with Gasteiger partial charge in [-0.2, -0.15) is 5.10 Å². The number of nitrogens with two attached hydrogens (primary N) is 2. The quantitative estimate of drug-likeness (QED) is 0.558. The summed E-state index contributed by atoms with van der Waals surface area (Å²) in [5.74, 6) is -1.79. The first kappa shape index (κ1) is 10.0. The summed E-state index contributed by atoms with van der Waals surface area (Å²) in [5.41, 5.74) is 10.6. The molecule has 0 atom stereocenters. The highest BCUT2D eigenvalue weighted by Crippen LogP contribution is 2.15. The van der Waals surface area contributed by atoms with E-state index in [1.807, 2.05) is 0 Å². The number of aromatic nitrogens is 2. The maximum Gasteiger partial charge on any atom is 0.309 e. The van der Waals surface area contributed by atoms with Crippen LogP contribution in [0.1, 0.15) is 16.1 Å². The molecule has 5 N–H and O–H groups in total. The first-order chi connectivity index (χ1) is 6.43. The van der Waals surface area contributed by atoms with Crippen molar-refractivity contribution in [2.24, 2.45) is 12.8 Å². The second-order valence-electron chi connectivity index (χ2n) is 2.77. The number of rotatable bonds is 3. The van der Waals surface area contributed by atoms with Gasteiger partial charge in [-0.1, -0.05) is 0 Å². The number of amides is 1. The fraction of sp³-hybridized carbons (Fsp3) is 0.286. The number of carbonyl (C=O) groups excluding carboxylic acids is 1. The van der Waals surface area contributed by atoms with Crippen LogP contribution in [0.25, 0.3) is 0 Å². The number of nitrogens with zero attached hydrogens (tertiary/aromatic N) is 2. The SMILES string of the molecule is Cn1nc(CC(=O)O)c(C(N)=O)c1N. The van der Waals surface area contributed by atoms with Gasteiger partial charge in [0, 0.05) is 7.05 Å². The van der Waals surface area contributed by atoms with Crippen molar-refractivity contribution in [3.63, 3.8) is 0 Å². The van der Waals surface area contributed by atoms with Crippen molar-refractivity contribution >= 4 is 17.7 Å². The minimum atomic E-state index is -1.09. The topological polar surface area (TPSA) is 124 Å². The molecule has 7 heteroatoms. The van der Waals surface area contributed by atoms with Gasteiger partial charge in [-0.3, -0.25) is 14.3 Å². The molecular weight excluding hydrogens is 188 g/mol. The largest absolute Gasteiger partial charge is 0.481 e. The molecule has 1 heterocycles. The van der Waals surface area contributed by atoms with E-state index < -0.39 is 11.9 Å². The molecule has 0 aromatic carbocycles. The lowest BCUT2D eigenvalue weighted by Crippen LogP contribution is -2.16. The van der Waals surface area contributed by atoms with Gasteiger partial charge in [-0.05, 0) is 0 Å². The fourth-order valence-corrected chi connectivity index (χ4v) is 1.13. The summed E-state index contributed by atoms with van der Waals surface area (Å²) in [5, 5.41) is 12.3. The molecule has 0 bridgehead atoms. The third-order valence-electron chi connectivity index (χ3n) is 1.73. The normalized spacial score (nSPS) is 10.1. The van der Waals surface area contributed by atoms with E-state index in [-0.39, 0.29) is 23.5 Å². The van der Waals surface area contributed by atoms with E-state index in [0.29, 0.717) is 0 Å². The molecule has 0 saturated carbocycles.